The van der Waals surface area contributed by atoms with Crippen molar-refractivity contribution in [3.8, 4) is 0 Å². The zero-order chi connectivity index (χ0) is 18.8. The summed E-state index contributed by atoms with van der Waals surface area (Å²) >= 11 is 1.44. The van der Waals surface area contributed by atoms with Gasteiger partial charge in [-0.15, -0.1) is 11.8 Å². The van der Waals surface area contributed by atoms with Gasteiger partial charge in [0, 0.05) is 24.4 Å². The number of hydrogen-bond acceptors (Lipinski definition) is 4. The quantitative estimate of drug-likeness (QED) is 0.714. The molecule has 1 atom stereocenters. The first-order valence-electron chi connectivity index (χ1n) is 8.87. The summed E-state index contributed by atoms with van der Waals surface area (Å²) in [6, 6.07) is 15.6. The summed E-state index contributed by atoms with van der Waals surface area (Å²) in [5, 5.41) is 5.39. The lowest BCUT2D eigenvalue weighted by Crippen LogP contribution is -2.35. The second-order valence-electron chi connectivity index (χ2n) is 6.45. The Labute approximate surface area is 161 Å². The van der Waals surface area contributed by atoms with Gasteiger partial charge in [-0.2, -0.15) is 0 Å². The molecule has 2 aromatic carbocycles. The van der Waals surface area contributed by atoms with Crippen LogP contribution in [0, 0.1) is 6.92 Å². The maximum atomic E-state index is 12.3. The van der Waals surface area contributed by atoms with Crippen molar-refractivity contribution >= 4 is 40.3 Å². The van der Waals surface area contributed by atoms with E-state index in [1.165, 1.54) is 11.8 Å². The molecule has 2 amide bonds. The number of hydrogen-bond donors (Lipinski definition) is 2. The van der Waals surface area contributed by atoms with Crippen molar-refractivity contribution in [1.82, 2.24) is 14.9 Å². The molecule has 0 saturated heterocycles. The van der Waals surface area contributed by atoms with Crippen molar-refractivity contribution in [2.45, 2.75) is 30.0 Å². The molecule has 7 heteroatoms. The molecule has 0 fully saturated rings. The zero-order valence-corrected chi connectivity index (χ0v) is 15.8. The van der Waals surface area contributed by atoms with E-state index >= 15 is 0 Å². The number of benzene rings is 2. The highest BCUT2D eigenvalue weighted by molar-refractivity contribution is 8.01. The summed E-state index contributed by atoms with van der Waals surface area (Å²) in [5.74, 6) is 0.679. The smallest absolute Gasteiger partial charge is 0.238 e. The lowest BCUT2D eigenvalue weighted by molar-refractivity contribution is -0.124. The van der Waals surface area contributed by atoms with E-state index in [0.29, 0.717) is 13.1 Å². The third-order valence-corrected chi connectivity index (χ3v) is 5.86. The molecule has 1 aromatic heterocycles. The molecule has 2 N–H and O–H groups in total. The van der Waals surface area contributed by atoms with Crippen molar-refractivity contribution in [3.63, 3.8) is 0 Å². The largest absolute Gasteiger partial charge is 0.354 e. The van der Waals surface area contributed by atoms with Gasteiger partial charge in [-0.05, 0) is 31.2 Å². The lowest BCUT2D eigenvalue weighted by atomic mass is 10.2. The topological polar surface area (TPSA) is 76.0 Å². The van der Waals surface area contributed by atoms with Crippen LogP contribution in [0.15, 0.2) is 53.4 Å². The Kier molecular flexibility index (Phi) is 4.85. The number of aromatic nitrogens is 2. The number of para-hydroxylation sites is 3. The molecular weight excluding hydrogens is 360 g/mol. The van der Waals surface area contributed by atoms with Gasteiger partial charge in [0.1, 0.15) is 5.82 Å². The summed E-state index contributed by atoms with van der Waals surface area (Å²) < 4.78 is 2.09. The molecule has 0 spiro atoms. The van der Waals surface area contributed by atoms with E-state index in [0.717, 1.165) is 27.4 Å². The molecule has 1 unspecified atom stereocenters. The fraction of sp³-hybridized carbons (Fsp3) is 0.250. The number of rotatable bonds is 5. The van der Waals surface area contributed by atoms with Gasteiger partial charge in [0.05, 0.1) is 22.0 Å². The summed E-state index contributed by atoms with van der Waals surface area (Å²) in [7, 11) is 0. The number of carbonyl (C=O) groups is 2. The molecule has 0 saturated carbocycles. The van der Waals surface area contributed by atoms with Crippen LogP contribution in [-0.4, -0.2) is 33.2 Å². The Morgan fingerprint density at radius 3 is 2.89 bits per heavy atom. The van der Waals surface area contributed by atoms with Crippen molar-refractivity contribution in [2.24, 2.45) is 0 Å². The van der Waals surface area contributed by atoms with Gasteiger partial charge >= 0.3 is 0 Å². The average Bonchev–Trinajstić information content (AvgIpc) is 2.98. The van der Waals surface area contributed by atoms with Crippen LogP contribution in [0.3, 0.4) is 0 Å². The van der Waals surface area contributed by atoms with Crippen LogP contribution in [0.2, 0.25) is 0 Å². The van der Waals surface area contributed by atoms with Gasteiger partial charge < -0.3 is 15.2 Å². The Bertz CT molecular complexity index is 1010. The van der Waals surface area contributed by atoms with Gasteiger partial charge in [0.15, 0.2) is 0 Å². The summed E-state index contributed by atoms with van der Waals surface area (Å²) in [5.41, 5.74) is 2.82. The van der Waals surface area contributed by atoms with E-state index in [2.05, 4.69) is 20.2 Å². The molecular formula is C20H20N4O2S. The van der Waals surface area contributed by atoms with Crippen LogP contribution in [-0.2, 0) is 16.1 Å². The number of amides is 2. The molecule has 0 bridgehead atoms. The Balaban J connectivity index is 1.34. The molecule has 27 heavy (non-hydrogen) atoms. The van der Waals surface area contributed by atoms with Gasteiger partial charge in [-0.1, -0.05) is 24.3 Å². The number of nitrogens with zero attached hydrogens (tertiary/aromatic N) is 2. The van der Waals surface area contributed by atoms with Crippen LogP contribution < -0.4 is 10.6 Å². The van der Waals surface area contributed by atoms with Gasteiger partial charge in [0.25, 0.3) is 0 Å². The molecule has 1 aliphatic rings. The molecule has 138 valence electrons. The SMILES string of the molecule is Cc1nc2ccccc2n1CCNC(=O)CC1Sc2ccccc2NC1=O. The molecule has 0 aliphatic carbocycles. The third kappa shape index (κ3) is 3.68. The molecule has 0 radical (unpaired) electrons. The van der Waals surface area contributed by atoms with Crippen molar-refractivity contribution in [3.05, 3.63) is 54.4 Å². The second-order valence-corrected chi connectivity index (χ2v) is 7.69. The Morgan fingerprint density at radius 2 is 2.00 bits per heavy atom. The summed E-state index contributed by atoms with van der Waals surface area (Å²) in [4.78, 5) is 30.1. The number of carbonyl (C=O) groups excluding carboxylic acids is 2. The monoisotopic (exact) mass is 380 g/mol. The average molecular weight is 380 g/mol. The molecule has 3 aromatic rings. The maximum Gasteiger partial charge on any atom is 0.238 e. The number of thioether (sulfide) groups is 1. The van der Waals surface area contributed by atoms with Crippen LogP contribution in [0.1, 0.15) is 12.2 Å². The number of imidazole rings is 1. The first-order valence-corrected chi connectivity index (χ1v) is 9.75. The molecule has 2 heterocycles. The van der Waals surface area contributed by atoms with E-state index in [1.54, 1.807) is 0 Å². The van der Waals surface area contributed by atoms with E-state index in [9.17, 15) is 9.59 Å². The highest BCUT2D eigenvalue weighted by Crippen LogP contribution is 2.36. The second kappa shape index (κ2) is 7.44. The number of fused-ring (bicyclic) bond motifs is 2. The minimum atomic E-state index is -0.407. The zero-order valence-electron chi connectivity index (χ0n) is 14.9. The van der Waals surface area contributed by atoms with Gasteiger partial charge in [0.2, 0.25) is 11.8 Å². The van der Waals surface area contributed by atoms with E-state index < -0.39 is 5.25 Å². The van der Waals surface area contributed by atoms with Crippen molar-refractivity contribution < 1.29 is 9.59 Å². The molecule has 1 aliphatic heterocycles. The highest BCUT2D eigenvalue weighted by Gasteiger charge is 2.28. The van der Waals surface area contributed by atoms with Crippen molar-refractivity contribution in [1.29, 1.82) is 0 Å². The van der Waals surface area contributed by atoms with Crippen LogP contribution in [0.4, 0.5) is 5.69 Å². The van der Waals surface area contributed by atoms with Gasteiger partial charge in [-0.25, -0.2) is 4.98 Å². The number of aryl methyl sites for hydroxylation is 1. The molecule has 6 nitrogen and oxygen atoms in total. The predicted octanol–water partition coefficient (Wildman–Crippen LogP) is 2.96. The number of nitrogens with one attached hydrogen (secondary N) is 2. The fourth-order valence-electron chi connectivity index (χ4n) is 3.25. The maximum absolute atomic E-state index is 12.3. The number of anilines is 1. The first-order chi connectivity index (χ1) is 13.1. The van der Waals surface area contributed by atoms with Crippen LogP contribution >= 0.6 is 11.8 Å². The summed E-state index contributed by atoms with van der Waals surface area (Å²) in [6.07, 6.45) is 0.161. The van der Waals surface area contributed by atoms with Crippen LogP contribution in [0.5, 0.6) is 0 Å². The normalized spacial score (nSPS) is 16.0. The van der Waals surface area contributed by atoms with E-state index in [-0.39, 0.29) is 18.2 Å². The summed E-state index contributed by atoms with van der Waals surface area (Å²) in [6.45, 7) is 3.10. The van der Waals surface area contributed by atoms with Gasteiger partial charge in [-0.3, -0.25) is 9.59 Å². The fourth-order valence-corrected chi connectivity index (χ4v) is 4.36. The Hall–Kier alpha value is -2.80. The minimum absolute atomic E-state index is 0.120. The lowest BCUT2D eigenvalue weighted by Gasteiger charge is -2.23. The third-order valence-electron chi connectivity index (χ3n) is 4.58. The minimum Gasteiger partial charge on any atom is -0.354 e. The highest BCUT2D eigenvalue weighted by atomic mass is 32.2. The standard InChI is InChI=1S/C20H20N4O2S/c1-13-22-14-6-2-4-8-16(14)24(13)11-10-21-19(25)12-18-20(26)23-15-7-3-5-9-17(15)27-18/h2-9,18H,10-12H2,1H3,(H,21,25)(H,23,26). The predicted molar refractivity (Wildman–Crippen MR) is 107 cm³/mol. The first kappa shape index (κ1) is 17.6. The van der Waals surface area contributed by atoms with Crippen LogP contribution in [0.25, 0.3) is 11.0 Å². The molecule has 4 rings (SSSR count). The van der Waals surface area contributed by atoms with E-state index in [1.807, 2.05) is 55.5 Å². The van der Waals surface area contributed by atoms with Crippen molar-refractivity contribution in [2.75, 3.05) is 11.9 Å². The van der Waals surface area contributed by atoms with E-state index in [4.69, 9.17) is 0 Å². The Morgan fingerprint density at radius 1 is 1.22 bits per heavy atom.